The zero-order valence-electron chi connectivity index (χ0n) is 12.8. The molecule has 0 amide bonds. The van der Waals surface area contributed by atoms with Crippen molar-refractivity contribution in [2.45, 2.75) is 46.3 Å². The van der Waals surface area contributed by atoms with Crippen molar-refractivity contribution in [1.82, 2.24) is 15.1 Å². The minimum absolute atomic E-state index is 0.329. The molecule has 5 nitrogen and oxygen atoms in total. The van der Waals surface area contributed by atoms with Crippen LogP contribution in [-0.4, -0.2) is 36.1 Å². The highest BCUT2D eigenvalue weighted by molar-refractivity contribution is 5.30. The molecule has 0 aromatic carbocycles. The fourth-order valence-electron chi connectivity index (χ4n) is 2.02. The number of aromatic nitrogens is 2. The van der Waals surface area contributed by atoms with Crippen LogP contribution in [0.2, 0.25) is 0 Å². The Labute approximate surface area is 116 Å². The number of hydrogen-bond donors (Lipinski definition) is 1. The summed E-state index contributed by atoms with van der Waals surface area (Å²) in [7, 11) is 3.59. The molecule has 0 spiro atoms. The van der Waals surface area contributed by atoms with E-state index in [1.807, 2.05) is 14.0 Å². The SMILES string of the molecule is COc1c(CNCCCCOC(C)C)c(C)nn1C. The van der Waals surface area contributed by atoms with Crippen molar-refractivity contribution in [3.8, 4) is 5.88 Å². The maximum absolute atomic E-state index is 5.50. The lowest BCUT2D eigenvalue weighted by Gasteiger charge is -2.08. The largest absolute Gasteiger partial charge is 0.481 e. The van der Waals surface area contributed by atoms with Gasteiger partial charge < -0.3 is 14.8 Å². The van der Waals surface area contributed by atoms with Crippen molar-refractivity contribution in [3.05, 3.63) is 11.3 Å². The van der Waals surface area contributed by atoms with Crippen LogP contribution in [0.5, 0.6) is 5.88 Å². The van der Waals surface area contributed by atoms with E-state index in [2.05, 4.69) is 24.3 Å². The fourth-order valence-corrected chi connectivity index (χ4v) is 2.02. The normalized spacial score (nSPS) is 11.3. The Bertz CT molecular complexity index is 375. The molecule has 1 N–H and O–H groups in total. The Morgan fingerprint density at radius 3 is 2.68 bits per heavy atom. The van der Waals surface area contributed by atoms with Crippen molar-refractivity contribution in [2.75, 3.05) is 20.3 Å². The van der Waals surface area contributed by atoms with Gasteiger partial charge in [-0.15, -0.1) is 0 Å². The smallest absolute Gasteiger partial charge is 0.216 e. The zero-order valence-corrected chi connectivity index (χ0v) is 12.8. The summed E-state index contributed by atoms with van der Waals surface area (Å²) in [5.41, 5.74) is 2.17. The van der Waals surface area contributed by atoms with E-state index in [-0.39, 0.29) is 0 Å². The maximum atomic E-state index is 5.50. The molecular weight excluding hydrogens is 242 g/mol. The molecule has 0 radical (unpaired) electrons. The van der Waals surface area contributed by atoms with E-state index < -0.39 is 0 Å². The summed E-state index contributed by atoms with van der Waals surface area (Å²) >= 11 is 0. The Morgan fingerprint density at radius 1 is 1.32 bits per heavy atom. The molecule has 19 heavy (non-hydrogen) atoms. The summed E-state index contributed by atoms with van der Waals surface area (Å²) in [6, 6.07) is 0. The summed E-state index contributed by atoms with van der Waals surface area (Å²) in [5.74, 6) is 0.841. The monoisotopic (exact) mass is 269 g/mol. The molecule has 0 aliphatic heterocycles. The number of ether oxygens (including phenoxy) is 2. The number of hydrogen-bond acceptors (Lipinski definition) is 4. The van der Waals surface area contributed by atoms with Crippen LogP contribution in [0.4, 0.5) is 0 Å². The first-order chi connectivity index (χ1) is 9.06. The molecule has 0 aliphatic carbocycles. The first-order valence-electron chi connectivity index (χ1n) is 6.95. The number of aryl methyl sites for hydroxylation is 2. The molecule has 1 heterocycles. The van der Waals surface area contributed by atoms with Gasteiger partial charge in [-0.1, -0.05) is 0 Å². The molecule has 110 valence electrons. The predicted octanol–water partition coefficient (Wildman–Crippen LogP) is 2.03. The van der Waals surface area contributed by atoms with Crippen LogP contribution in [0, 0.1) is 6.92 Å². The zero-order chi connectivity index (χ0) is 14.3. The summed E-state index contributed by atoms with van der Waals surface area (Å²) in [4.78, 5) is 0. The van der Waals surface area contributed by atoms with Gasteiger partial charge in [0.2, 0.25) is 5.88 Å². The molecule has 0 bridgehead atoms. The standard InChI is InChI=1S/C14H27N3O2/c1-11(2)19-9-7-6-8-15-10-13-12(3)16-17(4)14(13)18-5/h11,15H,6-10H2,1-5H3. The van der Waals surface area contributed by atoms with E-state index >= 15 is 0 Å². The molecule has 0 atom stereocenters. The molecule has 0 saturated carbocycles. The lowest BCUT2D eigenvalue weighted by Crippen LogP contribution is -2.16. The summed E-state index contributed by atoms with van der Waals surface area (Å²) in [6.45, 7) is 8.77. The third kappa shape index (κ3) is 5.20. The summed E-state index contributed by atoms with van der Waals surface area (Å²) < 4.78 is 12.6. The topological polar surface area (TPSA) is 48.3 Å². The van der Waals surface area contributed by atoms with Crippen molar-refractivity contribution in [3.63, 3.8) is 0 Å². The molecule has 0 aliphatic rings. The van der Waals surface area contributed by atoms with Gasteiger partial charge in [0.1, 0.15) is 0 Å². The average Bonchev–Trinajstić information content (AvgIpc) is 2.62. The summed E-state index contributed by atoms with van der Waals surface area (Å²) in [5, 5.41) is 7.79. The minimum atomic E-state index is 0.329. The third-order valence-corrected chi connectivity index (χ3v) is 2.98. The Morgan fingerprint density at radius 2 is 2.05 bits per heavy atom. The highest BCUT2D eigenvalue weighted by Crippen LogP contribution is 2.20. The first kappa shape index (κ1) is 16.0. The molecule has 0 fully saturated rings. The van der Waals surface area contributed by atoms with Crippen molar-refractivity contribution >= 4 is 0 Å². The van der Waals surface area contributed by atoms with Crippen LogP contribution >= 0.6 is 0 Å². The molecule has 5 heteroatoms. The Kier molecular flexibility index (Phi) is 6.87. The number of nitrogens with one attached hydrogen (secondary N) is 1. The quantitative estimate of drug-likeness (QED) is 0.697. The average molecular weight is 269 g/mol. The third-order valence-electron chi connectivity index (χ3n) is 2.98. The van der Waals surface area contributed by atoms with Gasteiger partial charge in [0.15, 0.2) is 0 Å². The second kappa shape index (κ2) is 8.17. The molecular formula is C14H27N3O2. The highest BCUT2D eigenvalue weighted by atomic mass is 16.5. The van der Waals surface area contributed by atoms with Gasteiger partial charge >= 0.3 is 0 Å². The molecule has 1 aromatic rings. The van der Waals surface area contributed by atoms with Crippen LogP contribution in [0.3, 0.4) is 0 Å². The number of nitrogens with zero attached hydrogens (tertiary/aromatic N) is 2. The van der Waals surface area contributed by atoms with Crippen LogP contribution in [0.25, 0.3) is 0 Å². The number of unbranched alkanes of at least 4 members (excludes halogenated alkanes) is 1. The van der Waals surface area contributed by atoms with E-state index in [0.717, 1.165) is 49.7 Å². The molecule has 0 saturated heterocycles. The lowest BCUT2D eigenvalue weighted by atomic mass is 10.2. The van der Waals surface area contributed by atoms with Crippen LogP contribution in [-0.2, 0) is 18.3 Å². The Balaban J connectivity index is 2.23. The molecule has 0 unspecified atom stereocenters. The van der Waals surface area contributed by atoms with Gasteiger partial charge in [0, 0.05) is 20.2 Å². The van der Waals surface area contributed by atoms with E-state index in [9.17, 15) is 0 Å². The van der Waals surface area contributed by atoms with Gasteiger partial charge in [-0.05, 0) is 40.2 Å². The summed E-state index contributed by atoms with van der Waals surface area (Å²) in [6.07, 6.45) is 2.54. The lowest BCUT2D eigenvalue weighted by molar-refractivity contribution is 0.0760. The number of methoxy groups -OCH3 is 1. The first-order valence-corrected chi connectivity index (χ1v) is 6.95. The van der Waals surface area contributed by atoms with Crippen molar-refractivity contribution < 1.29 is 9.47 Å². The Hall–Kier alpha value is -1.07. The number of rotatable bonds is 9. The van der Waals surface area contributed by atoms with Crippen molar-refractivity contribution in [1.29, 1.82) is 0 Å². The van der Waals surface area contributed by atoms with Crippen molar-refractivity contribution in [2.24, 2.45) is 7.05 Å². The van der Waals surface area contributed by atoms with E-state index in [4.69, 9.17) is 9.47 Å². The highest BCUT2D eigenvalue weighted by Gasteiger charge is 2.12. The second-order valence-electron chi connectivity index (χ2n) is 5.00. The van der Waals surface area contributed by atoms with Gasteiger partial charge in [-0.2, -0.15) is 5.10 Å². The minimum Gasteiger partial charge on any atom is -0.481 e. The van der Waals surface area contributed by atoms with E-state index in [1.165, 1.54) is 0 Å². The fraction of sp³-hybridized carbons (Fsp3) is 0.786. The maximum Gasteiger partial charge on any atom is 0.216 e. The van der Waals surface area contributed by atoms with E-state index in [0.29, 0.717) is 6.10 Å². The van der Waals surface area contributed by atoms with Crippen LogP contribution in [0.15, 0.2) is 0 Å². The van der Waals surface area contributed by atoms with Gasteiger partial charge in [0.05, 0.1) is 24.5 Å². The van der Waals surface area contributed by atoms with E-state index in [1.54, 1.807) is 11.8 Å². The van der Waals surface area contributed by atoms with Gasteiger partial charge in [-0.25, -0.2) is 4.68 Å². The van der Waals surface area contributed by atoms with Crippen LogP contribution in [0.1, 0.15) is 37.9 Å². The van der Waals surface area contributed by atoms with Crippen LogP contribution < -0.4 is 10.1 Å². The molecule has 1 rings (SSSR count). The molecule has 1 aromatic heterocycles. The second-order valence-corrected chi connectivity index (χ2v) is 5.00. The predicted molar refractivity (Wildman–Crippen MR) is 76.5 cm³/mol. The van der Waals surface area contributed by atoms with Gasteiger partial charge in [-0.3, -0.25) is 0 Å². The van der Waals surface area contributed by atoms with Gasteiger partial charge in [0.25, 0.3) is 0 Å².